The Balaban J connectivity index is 1.84. The summed E-state index contributed by atoms with van der Waals surface area (Å²) in [5.74, 6) is -0.164. The van der Waals surface area contributed by atoms with Crippen LogP contribution in [0.1, 0.15) is 28.8 Å². The normalized spacial score (nSPS) is 18.5. The van der Waals surface area contributed by atoms with Gasteiger partial charge in [0.25, 0.3) is 5.91 Å². The van der Waals surface area contributed by atoms with E-state index in [1.54, 1.807) is 18.0 Å². The highest BCUT2D eigenvalue weighted by atomic mass is 16.5. The molecule has 2 N–H and O–H groups in total. The molecule has 2 heterocycles. The van der Waals surface area contributed by atoms with Crippen LogP contribution in [0.15, 0.2) is 12.1 Å². The van der Waals surface area contributed by atoms with Crippen LogP contribution in [0.3, 0.4) is 0 Å². The number of hydrogen-bond acceptors (Lipinski definition) is 5. The zero-order valence-electron chi connectivity index (χ0n) is 13.0. The summed E-state index contributed by atoms with van der Waals surface area (Å²) < 4.78 is 4.82. The average Bonchev–Trinajstić information content (AvgIpc) is 2.83. The van der Waals surface area contributed by atoms with Gasteiger partial charge < -0.3 is 20.3 Å². The highest BCUT2D eigenvalue weighted by Gasteiger charge is 2.32. The zero-order valence-corrected chi connectivity index (χ0v) is 13.0. The maximum atomic E-state index is 12.2. The van der Waals surface area contributed by atoms with Gasteiger partial charge in [0.05, 0.1) is 18.6 Å². The molecule has 0 spiro atoms. The first-order valence-electron chi connectivity index (χ1n) is 7.52. The summed E-state index contributed by atoms with van der Waals surface area (Å²) in [6.45, 7) is 2.16. The van der Waals surface area contributed by atoms with E-state index >= 15 is 0 Å². The van der Waals surface area contributed by atoms with E-state index in [9.17, 15) is 9.59 Å². The quantitative estimate of drug-likeness (QED) is 0.657. The molecule has 0 bridgehead atoms. The first-order chi connectivity index (χ1) is 10.5. The average molecular weight is 303 g/mol. The Morgan fingerprint density at radius 2 is 2.00 bits per heavy atom. The van der Waals surface area contributed by atoms with Gasteiger partial charge >= 0.3 is 5.97 Å². The molecule has 2 aliphatic rings. The van der Waals surface area contributed by atoms with Crippen molar-refractivity contribution in [1.29, 1.82) is 0 Å². The summed E-state index contributed by atoms with van der Waals surface area (Å²) in [4.78, 5) is 27.7. The fraction of sp³-hybridized carbons (Fsp3) is 0.500. The standard InChI is InChI=1S/C16H21N3O3/c1-18-9-11-13(4-3-12(17)14(11)15(18)20)19-7-5-10(6-8-19)16(21)22-2/h3-4,10H,5-9,17H2,1-2H3. The van der Waals surface area contributed by atoms with E-state index in [0.717, 1.165) is 37.2 Å². The molecule has 6 heteroatoms. The summed E-state index contributed by atoms with van der Waals surface area (Å²) in [5.41, 5.74) is 9.21. The fourth-order valence-corrected chi connectivity index (χ4v) is 3.39. The van der Waals surface area contributed by atoms with Gasteiger partial charge in [-0.1, -0.05) is 0 Å². The Morgan fingerprint density at radius 3 is 2.64 bits per heavy atom. The lowest BCUT2D eigenvalue weighted by molar-refractivity contribution is -0.146. The number of benzene rings is 1. The van der Waals surface area contributed by atoms with Crippen molar-refractivity contribution in [3.05, 3.63) is 23.3 Å². The minimum Gasteiger partial charge on any atom is -0.469 e. The van der Waals surface area contributed by atoms with Gasteiger partial charge in [0.1, 0.15) is 0 Å². The van der Waals surface area contributed by atoms with Gasteiger partial charge in [-0.15, -0.1) is 0 Å². The van der Waals surface area contributed by atoms with Gasteiger partial charge in [0.15, 0.2) is 0 Å². The predicted octanol–water partition coefficient (Wildman–Crippen LogP) is 1.24. The van der Waals surface area contributed by atoms with E-state index in [1.165, 1.54) is 7.11 Å². The number of hydrogen-bond donors (Lipinski definition) is 1. The molecule has 1 aromatic carbocycles. The van der Waals surface area contributed by atoms with Crippen LogP contribution in [0.2, 0.25) is 0 Å². The van der Waals surface area contributed by atoms with Crippen LogP contribution in [0.25, 0.3) is 0 Å². The molecule has 6 nitrogen and oxygen atoms in total. The van der Waals surface area contributed by atoms with Crippen molar-refractivity contribution >= 4 is 23.3 Å². The van der Waals surface area contributed by atoms with Gasteiger partial charge in [-0.05, 0) is 25.0 Å². The monoisotopic (exact) mass is 303 g/mol. The number of ether oxygens (including phenoxy) is 1. The van der Waals surface area contributed by atoms with Crippen LogP contribution in [-0.4, -0.2) is 44.0 Å². The van der Waals surface area contributed by atoms with Crippen molar-refractivity contribution in [2.24, 2.45) is 5.92 Å². The second kappa shape index (κ2) is 5.51. The van der Waals surface area contributed by atoms with Crippen molar-refractivity contribution in [2.45, 2.75) is 19.4 Å². The molecule has 2 aliphatic heterocycles. The minimum atomic E-state index is -0.128. The predicted molar refractivity (Wildman–Crippen MR) is 83.6 cm³/mol. The molecule has 3 rings (SSSR count). The number of methoxy groups -OCH3 is 1. The molecule has 0 radical (unpaired) electrons. The van der Waals surface area contributed by atoms with Gasteiger partial charge in [0.2, 0.25) is 0 Å². The van der Waals surface area contributed by atoms with Crippen LogP contribution >= 0.6 is 0 Å². The molecule has 0 aliphatic carbocycles. The Hall–Kier alpha value is -2.24. The summed E-state index contributed by atoms with van der Waals surface area (Å²) >= 11 is 0. The third-order valence-electron chi connectivity index (χ3n) is 4.65. The van der Waals surface area contributed by atoms with Gasteiger partial charge in [-0.2, -0.15) is 0 Å². The van der Waals surface area contributed by atoms with Crippen LogP contribution < -0.4 is 10.6 Å². The Morgan fingerprint density at radius 1 is 1.32 bits per heavy atom. The molecule has 0 unspecified atom stereocenters. The first kappa shape index (κ1) is 14.7. The zero-order chi connectivity index (χ0) is 15.9. The first-order valence-corrected chi connectivity index (χ1v) is 7.52. The second-order valence-electron chi connectivity index (χ2n) is 5.97. The Kier molecular flexibility index (Phi) is 3.68. The van der Waals surface area contributed by atoms with Crippen LogP contribution in [0, 0.1) is 5.92 Å². The van der Waals surface area contributed by atoms with Gasteiger partial charge in [-0.25, -0.2) is 0 Å². The number of fused-ring (bicyclic) bond motifs is 1. The SMILES string of the molecule is COC(=O)C1CCN(c2ccc(N)c3c2CN(C)C3=O)CC1. The third kappa shape index (κ3) is 2.28. The summed E-state index contributed by atoms with van der Waals surface area (Å²) in [6.07, 6.45) is 1.55. The maximum Gasteiger partial charge on any atom is 0.308 e. The molecular weight excluding hydrogens is 282 g/mol. The summed E-state index contributed by atoms with van der Waals surface area (Å²) in [7, 11) is 3.22. The number of amides is 1. The fourth-order valence-electron chi connectivity index (χ4n) is 3.39. The Labute approximate surface area is 129 Å². The van der Waals surface area contributed by atoms with E-state index in [4.69, 9.17) is 10.5 Å². The summed E-state index contributed by atoms with van der Waals surface area (Å²) in [6, 6.07) is 3.79. The van der Waals surface area contributed by atoms with Crippen LogP contribution in [0.5, 0.6) is 0 Å². The van der Waals surface area contributed by atoms with E-state index < -0.39 is 0 Å². The molecule has 0 atom stereocenters. The van der Waals surface area contributed by atoms with Crippen LogP contribution in [-0.2, 0) is 16.1 Å². The van der Waals surface area contributed by atoms with Crippen molar-refractivity contribution in [3.63, 3.8) is 0 Å². The van der Waals surface area contributed by atoms with Crippen molar-refractivity contribution < 1.29 is 14.3 Å². The van der Waals surface area contributed by atoms with E-state index in [1.807, 2.05) is 6.07 Å². The molecule has 1 saturated heterocycles. The largest absolute Gasteiger partial charge is 0.469 e. The number of nitrogen functional groups attached to an aromatic ring is 1. The number of nitrogens with zero attached hydrogens (tertiary/aromatic N) is 2. The molecular formula is C16H21N3O3. The lowest BCUT2D eigenvalue weighted by Gasteiger charge is -2.33. The number of rotatable bonds is 2. The molecule has 22 heavy (non-hydrogen) atoms. The third-order valence-corrected chi connectivity index (χ3v) is 4.65. The number of carbonyl (C=O) groups is 2. The highest BCUT2D eigenvalue weighted by molar-refractivity contribution is 6.04. The number of anilines is 2. The minimum absolute atomic E-state index is 0.0150. The smallest absolute Gasteiger partial charge is 0.308 e. The molecule has 1 fully saturated rings. The maximum absolute atomic E-state index is 12.2. The van der Waals surface area contributed by atoms with Gasteiger partial charge in [0, 0.05) is 43.6 Å². The van der Waals surface area contributed by atoms with Crippen molar-refractivity contribution in [2.75, 3.05) is 37.9 Å². The number of piperidine rings is 1. The van der Waals surface area contributed by atoms with E-state index in [0.29, 0.717) is 17.8 Å². The Bertz CT molecular complexity index is 621. The topological polar surface area (TPSA) is 75.9 Å². The number of carbonyl (C=O) groups excluding carboxylic acids is 2. The molecule has 118 valence electrons. The number of nitrogens with two attached hydrogens (primary N) is 1. The molecule has 1 aromatic rings. The van der Waals surface area contributed by atoms with E-state index in [-0.39, 0.29) is 17.8 Å². The van der Waals surface area contributed by atoms with Crippen molar-refractivity contribution in [1.82, 2.24) is 4.90 Å². The van der Waals surface area contributed by atoms with Gasteiger partial charge in [-0.3, -0.25) is 9.59 Å². The molecule has 0 saturated carbocycles. The second-order valence-corrected chi connectivity index (χ2v) is 5.97. The molecule has 1 amide bonds. The highest BCUT2D eigenvalue weighted by Crippen LogP contribution is 2.36. The van der Waals surface area contributed by atoms with Crippen molar-refractivity contribution in [3.8, 4) is 0 Å². The lowest BCUT2D eigenvalue weighted by atomic mass is 9.95. The number of esters is 1. The summed E-state index contributed by atoms with van der Waals surface area (Å²) in [5, 5.41) is 0. The molecule has 0 aromatic heterocycles. The van der Waals surface area contributed by atoms with E-state index in [2.05, 4.69) is 4.90 Å². The van der Waals surface area contributed by atoms with Crippen LogP contribution in [0.4, 0.5) is 11.4 Å². The lowest BCUT2D eigenvalue weighted by Crippen LogP contribution is -2.37.